The van der Waals surface area contributed by atoms with Crippen LogP contribution in [0, 0.1) is 0 Å². The molecular formula is C11H16Br2N2S. The van der Waals surface area contributed by atoms with Crippen molar-refractivity contribution in [2.45, 2.75) is 19.4 Å². The number of hydrogen-bond acceptors (Lipinski definition) is 3. The molecule has 1 saturated heterocycles. The molecule has 1 aliphatic heterocycles. The molecule has 1 aliphatic rings. The fraction of sp³-hybridized carbons (Fsp3) is 0.636. The molecule has 0 radical (unpaired) electrons. The average Bonchev–Trinajstić information content (AvgIpc) is 2.84. The van der Waals surface area contributed by atoms with Gasteiger partial charge in [0, 0.05) is 19.6 Å². The van der Waals surface area contributed by atoms with Crippen molar-refractivity contribution in [3.8, 4) is 0 Å². The summed E-state index contributed by atoms with van der Waals surface area (Å²) in [6, 6.07) is 2.18. The number of nitrogens with one attached hydrogen (secondary N) is 1. The molecule has 0 atom stereocenters. The van der Waals surface area contributed by atoms with Crippen LogP contribution in [-0.4, -0.2) is 31.1 Å². The largest absolute Gasteiger partial charge is 0.311 e. The second-order valence-corrected chi connectivity index (χ2v) is 7.82. The lowest BCUT2D eigenvalue weighted by Gasteiger charge is -2.14. The first kappa shape index (κ1) is 13.0. The molecule has 90 valence electrons. The van der Waals surface area contributed by atoms with Crippen molar-refractivity contribution < 1.29 is 0 Å². The van der Waals surface area contributed by atoms with Crippen molar-refractivity contribution >= 4 is 43.2 Å². The summed E-state index contributed by atoms with van der Waals surface area (Å²) in [6.45, 7) is 5.80. The molecule has 0 bridgehead atoms. The standard InChI is InChI=1S/C11H16Br2N2S/c12-10-7-9(11(13)16-10)8-14-3-6-15-4-1-2-5-15/h7,14H,1-6,8H2. The van der Waals surface area contributed by atoms with Crippen LogP contribution in [0.2, 0.25) is 0 Å². The molecule has 2 rings (SSSR count). The molecule has 0 unspecified atom stereocenters. The molecular weight excluding hydrogens is 352 g/mol. The van der Waals surface area contributed by atoms with E-state index in [9.17, 15) is 0 Å². The SMILES string of the molecule is Brc1cc(CNCCN2CCCC2)c(Br)s1. The Morgan fingerprint density at radius 2 is 2.06 bits per heavy atom. The van der Waals surface area contributed by atoms with Gasteiger partial charge in [-0.2, -0.15) is 0 Å². The van der Waals surface area contributed by atoms with Crippen molar-refractivity contribution in [3.63, 3.8) is 0 Å². The molecule has 16 heavy (non-hydrogen) atoms. The smallest absolute Gasteiger partial charge is 0.0755 e. The molecule has 2 heterocycles. The van der Waals surface area contributed by atoms with Gasteiger partial charge in [-0.15, -0.1) is 11.3 Å². The van der Waals surface area contributed by atoms with Crippen LogP contribution >= 0.6 is 43.2 Å². The van der Waals surface area contributed by atoms with Gasteiger partial charge < -0.3 is 10.2 Å². The molecule has 0 spiro atoms. The fourth-order valence-electron chi connectivity index (χ4n) is 1.96. The van der Waals surface area contributed by atoms with Gasteiger partial charge >= 0.3 is 0 Å². The summed E-state index contributed by atoms with van der Waals surface area (Å²) in [4.78, 5) is 2.53. The maximum atomic E-state index is 3.57. The molecule has 1 aromatic heterocycles. The number of rotatable bonds is 5. The zero-order valence-electron chi connectivity index (χ0n) is 9.14. The van der Waals surface area contributed by atoms with Gasteiger partial charge in [0.25, 0.3) is 0 Å². The second kappa shape index (κ2) is 6.50. The van der Waals surface area contributed by atoms with Gasteiger partial charge in [0.2, 0.25) is 0 Å². The minimum absolute atomic E-state index is 0.955. The number of likely N-dealkylation sites (tertiary alicyclic amines) is 1. The molecule has 0 saturated carbocycles. The summed E-state index contributed by atoms with van der Waals surface area (Å²) in [7, 11) is 0. The Hall–Kier alpha value is 0.580. The van der Waals surface area contributed by atoms with E-state index in [1.54, 1.807) is 11.3 Å². The van der Waals surface area contributed by atoms with Crippen molar-refractivity contribution in [2.75, 3.05) is 26.2 Å². The number of thiophene rings is 1. The van der Waals surface area contributed by atoms with Gasteiger partial charge in [-0.25, -0.2) is 0 Å². The van der Waals surface area contributed by atoms with Crippen LogP contribution < -0.4 is 5.32 Å². The van der Waals surface area contributed by atoms with Crippen molar-refractivity contribution in [1.82, 2.24) is 10.2 Å². The van der Waals surface area contributed by atoms with E-state index >= 15 is 0 Å². The van der Waals surface area contributed by atoms with Gasteiger partial charge in [0.1, 0.15) is 0 Å². The molecule has 1 aromatic rings. The maximum absolute atomic E-state index is 3.57. The molecule has 0 amide bonds. The van der Waals surface area contributed by atoms with Gasteiger partial charge in [0.05, 0.1) is 7.57 Å². The van der Waals surface area contributed by atoms with E-state index in [-0.39, 0.29) is 0 Å². The number of halogens is 2. The Morgan fingerprint density at radius 1 is 1.31 bits per heavy atom. The fourth-order valence-corrected chi connectivity index (χ4v) is 4.79. The Kier molecular flexibility index (Phi) is 5.29. The van der Waals surface area contributed by atoms with E-state index < -0.39 is 0 Å². The van der Waals surface area contributed by atoms with E-state index in [1.165, 1.54) is 45.6 Å². The zero-order valence-corrected chi connectivity index (χ0v) is 13.1. The van der Waals surface area contributed by atoms with Crippen LogP contribution in [0.4, 0.5) is 0 Å². The van der Waals surface area contributed by atoms with E-state index in [2.05, 4.69) is 48.1 Å². The van der Waals surface area contributed by atoms with E-state index in [0.29, 0.717) is 0 Å². The van der Waals surface area contributed by atoms with Crippen LogP contribution in [0.25, 0.3) is 0 Å². The Morgan fingerprint density at radius 3 is 2.69 bits per heavy atom. The van der Waals surface area contributed by atoms with Gasteiger partial charge in [-0.1, -0.05) is 0 Å². The summed E-state index contributed by atoms with van der Waals surface area (Å²) < 4.78 is 2.42. The molecule has 2 nitrogen and oxygen atoms in total. The monoisotopic (exact) mass is 366 g/mol. The van der Waals surface area contributed by atoms with E-state index in [0.717, 1.165) is 13.1 Å². The predicted molar refractivity (Wildman–Crippen MR) is 77.1 cm³/mol. The van der Waals surface area contributed by atoms with Crippen molar-refractivity contribution in [1.29, 1.82) is 0 Å². The molecule has 0 aliphatic carbocycles. The third-order valence-corrected chi connectivity index (χ3v) is 5.31. The first-order valence-corrected chi connectivity index (χ1v) is 8.03. The summed E-state index contributed by atoms with van der Waals surface area (Å²) in [6.07, 6.45) is 2.76. The lowest BCUT2D eigenvalue weighted by atomic mass is 10.3. The third kappa shape index (κ3) is 3.81. The van der Waals surface area contributed by atoms with Crippen LogP contribution in [-0.2, 0) is 6.54 Å². The number of hydrogen-bond donors (Lipinski definition) is 1. The quantitative estimate of drug-likeness (QED) is 0.801. The highest BCUT2D eigenvalue weighted by Gasteiger charge is 2.10. The highest BCUT2D eigenvalue weighted by atomic mass is 79.9. The number of nitrogens with zero attached hydrogens (tertiary/aromatic N) is 1. The Bertz CT molecular complexity index is 335. The van der Waals surface area contributed by atoms with E-state index in [4.69, 9.17) is 0 Å². The summed E-state index contributed by atoms with van der Waals surface area (Å²) in [5.41, 5.74) is 1.35. The van der Waals surface area contributed by atoms with Crippen LogP contribution in [0.5, 0.6) is 0 Å². The van der Waals surface area contributed by atoms with Gasteiger partial charge in [0.15, 0.2) is 0 Å². The molecule has 1 N–H and O–H groups in total. The van der Waals surface area contributed by atoms with Crippen LogP contribution in [0.1, 0.15) is 18.4 Å². The topological polar surface area (TPSA) is 15.3 Å². The first-order valence-electron chi connectivity index (χ1n) is 5.62. The van der Waals surface area contributed by atoms with Crippen LogP contribution in [0.3, 0.4) is 0 Å². The second-order valence-electron chi connectivity index (χ2n) is 4.07. The summed E-state index contributed by atoms with van der Waals surface area (Å²) in [5.74, 6) is 0. The minimum Gasteiger partial charge on any atom is -0.311 e. The minimum atomic E-state index is 0.955. The van der Waals surface area contributed by atoms with Crippen LogP contribution in [0.15, 0.2) is 13.6 Å². The normalized spacial score (nSPS) is 17.1. The molecule has 5 heteroatoms. The predicted octanol–water partition coefficient (Wildman–Crippen LogP) is 3.46. The van der Waals surface area contributed by atoms with Crippen molar-refractivity contribution in [3.05, 3.63) is 19.2 Å². The van der Waals surface area contributed by atoms with Gasteiger partial charge in [-0.05, 0) is 69.4 Å². The lowest BCUT2D eigenvalue weighted by Crippen LogP contribution is -2.29. The molecule has 1 fully saturated rings. The summed E-state index contributed by atoms with van der Waals surface area (Å²) >= 11 is 8.81. The van der Waals surface area contributed by atoms with E-state index in [1.807, 2.05) is 0 Å². The lowest BCUT2D eigenvalue weighted by molar-refractivity contribution is 0.335. The first-order chi connectivity index (χ1) is 7.75. The van der Waals surface area contributed by atoms with Gasteiger partial charge in [-0.3, -0.25) is 0 Å². The highest BCUT2D eigenvalue weighted by molar-refractivity contribution is 9.12. The van der Waals surface area contributed by atoms with Crippen molar-refractivity contribution in [2.24, 2.45) is 0 Å². The summed E-state index contributed by atoms with van der Waals surface area (Å²) in [5, 5.41) is 3.50. The highest BCUT2D eigenvalue weighted by Crippen LogP contribution is 2.31. The Labute approximate surface area is 118 Å². The Balaban J connectivity index is 1.65. The average molecular weight is 368 g/mol. The zero-order chi connectivity index (χ0) is 11.4. The third-order valence-electron chi connectivity index (χ3n) is 2.85. The molecule has 0 aromatic carbocycles. The maximum Gasteiger partial charge on any atom is 0.0755 e.